The Labute approximate surface area is 157 Å². The van der Waals surface area contributed by atoms with Gasteiger partial charge in [0.05, 0.1) is 17.8 Å². The molecule has 0 fully saturated rings. The van der Waals surface area contributed by atoms with E-state index >= 15 is 0 Å². The van der Waals surface area contributed by atoms with Crippen molar-refractivity contribution in [3.8, 4) is 0 Å². The fourth-order valence-electron chi connectivity index (χ4n) is 2.80. The highest BCUT2D eigenvalue weighted by Crippen LogP contribution is 2.15. The van der Waals surface area contributed by atoms with Crippen molar-refractivity contribution in [2.75, 3.05) is 0 Å². The minimum atomic E-state index is -1.02. The predicted molar refractivity (Wildman–Crippen MR) is 101 cm³/mol. The second kappa shape index (κ2) is 8.93. The Morgan fingerprint density at radius 1 is 1.07 bits per heavy atom. The van der Waals surface area contributed by atoms with E-state index in [-0.39, 0.29) is 30.9 Å². The van der Waals surface area contributed by atoms with Crippen molar-refractivity contribution in [2.45, 2.75) is 39.2 Å². The largest absolute Gasteiger partial charge is 0.481 e. The SMILES string of the molecule is Cc1ccc(CC(=O)N[C@H](CC(=O)O)Cc2ccc([N+](=O)[O-])cc2)cc1C. The van der Waals surface area contributed by atoms with Crippen LogP contribution in [0.3, 0.4) is 0 Å². The van der Waals surface area contributed by atoms with Crippen LogP contribution in [-0.4, -0.2) is 27.9 Å². The topological polar surface area (TPSA) is 110 Å². The second-order valence-corrected chi connectivity index (χ2v) is 6.59. The van der Waals surface area contributed by atoms with Crippen LogP contribution >= 0.6 is 0 Å². The lowest BCUT2D eigenvalue weighted by Crippen LogP contribution is -2.39. The molecule has 0 aliphatic rings. The van der Waals surface area contributed by atoms with Crippen LogP contribution in [0.4, 0.5) is 5.69 Å². The first-order valence-corrected chi connectivity index (χ1v) is 8.55. The normalized spacial score (nSPS) is 11.6. The zero-order valence-corrected chi connectivity index (χ0v) is 15.3. The average molecular weight is 370 g/mol. The zero-order chi connectivity index (χ0) is 20.0. The molecule has 0 aromatic heterocycles. The molecule has 1 amide bonds. The molecule has 2 aromatic carbocycles. The number of nitro groups is 1. The molecule has 7 nitrogen and oxygen atoms in total. The lowest BCUT2D eigenvalue weighted by Gasteiger charge is -2.17. The number of aliphatic carboxylic acids is 1. The lowest BCUT2D eigenvalue weighted by atomic mass is 10.0. The number of nitro benzene ring substituents is 1. The maximum atomic E-state index is 12.3. The molecular weight excluding hydrogens is 348 g/mol. The van der Waals surface area contributed by atoms with E-state index in [4.69, 9.17) is 5.11 Å². The molecule has 2 N–H and O–H groups in total. The predicted octanol–water partition coefficient (Wildman–Crippen LogP) is 2.96. The van der Waals surface area contributed by atoms with Crippen LogP contribution in [0.5, 0.6) is 0 Å². The van der Waals surface area contributed by atoms with Gasteiger partial charge >= 0.3 is 5.97 Å². The third-order valence-corrected chi connectivity index (χ3v) is 4.35. The first-order valence-electron chi connectivity index (χ1n) is 8.55. The van der Waals surface area contributed by atoms with Gasteiger partial charge in [0, 0.05) is 18.2 Å². The number of aryl methyl sites for hydroxylation is 2. The van der Waals surface area contributed by atoms with Crippen LogP contribution in [0.15, 0.2) is 42.5 Å². The minimum absolute atomic E-state index is 0.0349. The number of hydrogen-bond acceptors (Lipinski definition) is 4. The van der Waals surface area contributed by atoms with E-state index in [0.717, 1.165) is 22.3 Å². The first kappa shape index (κ1) is 20.1. The molecule has 0 bridgehead atoms. The van der Waals surface area contributed by atoms with Crippen molar-refractivity contribution in [1.82, 2.24) is 5.32 Å². The molecule has 0 saturated carbocycles. The lowest BCUT2D eigenvalue weighted by molar-refractivity contribution is -0.384. The summed E-state index contributed by atoms with van der Waals surface area (Å²) in [6, 6.07) is 11.0. The number of hydrogen-bond donors (Lipinski definition) is 2. The number of amides is 1. The molecule has 0 unspecified atom stereocenters. The molecule has 0 radical (unpaired) electrons. The van der Waals surface area contributed by atoms with Crippen molar-refractivity contribution in [3.63, 3.8) is 0 Å². The quantitative estimate of drug-likeness (QED) is 0.548. The van der Waals surface area contributed by atoms with Crippen molar-refractivity contribution in [3.05, 3.63) is 74.8 Å². The van der Waals surface area contributed by atoms with Gasteiger partial charge in [-0.15, -0.1) is 0 Å². The molecule has 27 heavy (non-hydrogen) atoms. The number of non-ortho nitro benzene ring substituents is 1. The van der Waals surface area contributed by atoms with Gasteiger partial charge in [-0.2, -0.15) is 0 Å². The molecule has 0 spiro atoms. The van der Waals surface area contributed by atoms with Crippen LogP contribution in [0.1, 0.15) is 28.7 Å². The van der Waals surface area contributed by atoms with E-state index in [1.807, 2.05) is 32.0 Å². The number of nitrogens with zero attached hydrogens (tertiary/aromatic N) is 1. The fraction of sp³-hybridized carbons (Fsp3) is 0.300. The highest BCUT2D eigenvalue weighted by atomic mass is 16.6. The number of nitrogens with one attached hydrogen (secondary N) is 1. The fourth-order valence-corrected chi connectivity index (χ4v) is 2.80. The molecule has 2 rings (SSSR count). The summed E-state index contributed by atoms with van der Waals surface area (Å²) in [7, 11) is 0. The van der Waals surface area contributed by atoms with Gasteiger partial charge in [0.2, 0.25) is 5.91 Å². The van der Waals surface area contributed by atoms with Crippen LogP contribution < -0.4 is 5.32 Å². The molecule has 2 aromatic rings. The summed E-state index contributed by atoms with van der Waals surface area (Å²) in [4.78, 5) is 33.7. The van der Waals surface area contributed by atoms with Gasteiger partial charge in [-0.3, -0.25) is 19.7 Å². The number of carbonyl (C=O) groups is 2. The summed E-state index contributed by atoms with van der Waals surface area (Å²) in [6.45, 7) is 3.96. The smallest absolute Gasteiger partial charge is 0.305 e. The van der Waals surface area contributed by atoms with Gasteiger partial charge in [0.15, 0.2) is 0 Å². The Kier molecular flexibility index (Phi) is 6.65. The third-order valence-electron chi connectivity index (χ3n) is 4.35. The van der Waals surface area contributed by atoms with Crippen LogP contribution in [0, 0.1) is 24.0 Å². The molecule has 1 atom stereocenters. The molecule has 0 heterocycles. The van der Waals surface area contributed by atoms with Gasteiger partial charge in [-0.05, 0) is 42.5 Å². The van der Waals surface area contributed by atoms with Crippen molar-refractivity contribution in [2.24, 2.45) is 0 Å². The Morgan fingerprint density at radius 2 is 1.70 bits per heavy atom. The average Bonchev–Trinajstić information content (AvgIpc) is 2.58. The highest BCUT2D eigenvalue weighted by molar-refractivity contribution is 5.79. The van der Waals surface area contributed by atoms with E-state index in [9.17, 15) is 19.7 Å². The number of rotatable bonds is 8. The summed E-state index contributed by atoms with van der Waals surface area (Å²) in [5.41, 5.74) is 3.78. The Balaban J connectivity index is 2.04. The summed E-state index contributed by atoms with van der Waals surface area (Å²) in [5.74, 6) is -1.28. The monoisotopic (exact) mass is 370 g/mol. The molecule has 0 aliphatic carbocycles. The van der Waals surface area contributed by atoms with Crippen molar-refractivity contribution >= 4 is 17.6 Å². The summed E-state index contributed by atoms with van der Waals surface area (Å²) < 4.78 is 0. The Hall–Kier alpha value is -3.22. The molecular formula is C20H22N2O5. The van der Waals surface area contributed by atoms with Gasteiger partial charge in [0.1, 0.15) is 0 Å². The zero-order valence-electron chi connectivity index (χ0n) is 15.3. The molecule has 142 valence electrons. The van der Waals surface area contributed by atoms with E-state index in [1.165, 1.54) is 12.1 Å². The van der Waals surface area contributed by atoms with Gasteiger partial charge < -0.3 is 10.4 Å². The number of carboxylic acid groups (broad SMARTS) is 1. The standard InChI is InChI=1S/C20H22N2O5/c1-13-3-4-16(9-14(13)2)11-19(23)21-17(12-20(24)25)10-15-5-7-18(8-6-15)22(26)27/h3-9,17H,10-12H2,1-2H3,(H,21,23)(H,24,25)/t17-/m0/s1. The first-order chi connectivity index (χ1) is 12.7. The molecule has 0 aliphatic heterocycles. The molecule has 7 heteroatoms. The third kappa shape index (κ3) is 6.22. The van der Waals surface area contributed by atoms with E-state index < -0.39 is 16.9 Å². The number of benzene rings is 2. The summed E-state index contributed by atoms with van der Waals surface area (Å²) in [6.07, 6.45) is 0.218. The maximum absolute atomic E-state index is 12.3. The highest BCUT2D eigenvalue weighted by Gasteiger charge is 2.17. The van der Waals surface area contributed by atoms with Gasteiger partial charge in [0.25, 0.3) is 5.69 Å². The van der Waals surface area contributed by atoms with E-state index in [0.29, 0.717) is 0 Å². The summed E-state index contributed by atoms with van der Waals surface area (Å²) in [5, 5.41) is 22.6. The van der Waals surface area contributed by atoms with E-state index in [1.54, 1.807) is 12.1 Å². The Morgan fingerprint density at radius 3 is 2.26 bits per heavy atom. The van der Waals surface area contributed by atoms with Crippen LogP contribution in [0.25, 0.3) is 0 Å². The van der Waals surface area contributed by atoms with E-state index in [2.05, 4.69) is 5.32 Å². The maximum Gasteiger partial charge on any atom is 0.305 e. The van der Waals surface area contributed by atoms with Gasteiger partial charge in [-0.25, -0.2) is 0 Å². The van der Waals surface area contributed by atoms with Crippen molar-refractivity contribution in [1.29, 1.82) is 0 Å². The minimum Gasteiger partial charge on any atom is -0.481 e. The number of carbonyl (C=O) groups excluding carboxylic acids is 1. The second-order valence-electron chi connectivity index (χ2n) is 6.59. The van der Waals surface area contributed by atoms with Crippen LogP contribution in [0.2, 0.25) is 0 Å². The van der Waals surface area contributed by atoms with Crippen LogP contribution in [-0.2, 0) is 22.4 Å². The number of carboxylic acids is 1. The van der Waals surface area contributed by atoms with Crippen molar-refractivity contribution < 1.29 is 19.6 Å². The summed E-state index contributed by atoms with van der Waals surface area (Å²) >= 11 is 0. The van der Waals surface area contributed by atoms with Gasteiger partial charge in [-0.1, -0.05) is 30.3 Å². The molecule has 0 saturated heterocycles. The Bertz CT molecular complexity index is 846.